The minimum absolute atomic E-state index is 0.0126. The minimum atomic E-state index is -4.77. The highest BCUT2D eigenvalue weighted by atomic mass is 35.5. The topological polar surface area (TPSA) is 95.2 Å². The highest BCUT2D eigenvalue weighted by Gasteiger charge is 2.37. The van der Waals surface area contributed by atoms with Crippen molar-refractivity contribution in [1.82, 2.24) is 14.5 Å². The zero-order chi connectivity index (χ0) is 23.1. The Morgan fingerprint density at radius 1 is 1.19 bits per heavy atom. The zero-order valence-corrected chi connectivity index (χ0v) is 18.1. The number of amides is 1. The SMILES string of the molecule is O=C(Nc1cccc2cn[nH]c12)C1CCN(S(=O)(=O)c2ccc(Cl)c(C(F)(F)F)c2)CC1. The Kier molecular flexibility index (Phi) is 5.91. The van der Waals surface area contributed by atoms with Crippen LogP contribution in [0, 0.1) is 5.92 Å². The molecule has 7 nitrogen and oxygen atoms in total. The summed E-state index contributed by atoms with van der Waals surface area (Å²) >= 11 is 5.59. The molecule has 170 valence electrons. The van der Waals surface area contributed by atoms with E-state index in [1.54, 1.807) is 18.3 Å². The summed E-state index contributed by atoms with van der Waals surface area (Å²) in [7, 11) is -4.16. The summed E-state index contributed by atoms with van der Waals surface area (Å²) in [6.45, 7) is 0.0251. The Balaban J connectivity index is 1.45. The average molecular weight is 487 g/mol. The number of halogens is 4. The molecular weight excluding hydrogens is 469 g/mol. The van der Waals surface area contributed by atoms with Gasteiger partial charge in [0, 0.05) is 24.4 Å². The quantitative estimate of drug-likeness (QED) is 0.575. The summed E-state index contributed by atoms with van der Waals surface area (Å²) in [6.07, 6.45) is -2.66. The van der Waals surface area contributed by atoms with E-state index in [1.165, 1.54) is 0 Å². The van der Waals surface area contributed by atoms with Crippen LogP contribution in [0.1, 0.15) is 18.4 Å². The first-order valence-electron chi connectivity index (χ1n) is 9.67. The molecule has 1 fully saturated rings. The van der Waals surface area contributed by atoms with Crippen molar-refractivity contribution in [2.24, 2.45) is 5.92 Å². The van der Waals surface area contributed by atoms with Crippen molar-refractivity contribution in [2.45, 2.75) is 23.9 Å². The molecule has 1 aromatic heterocycles. The molecule has 0 saturated carbocycles. The summed E-state index contributed by atoms with van der Waals surface area (Å²) in [6, 6.07) is 7.88. The molecule has 0 radical (unpaired) electrons. The van der Waals surface area contributed by atoms with E-state index >= 15 is 0 Å². The van der Waals surface area contributed by atoms with Crippen LogP contribution in [0.4, 0.5) is 18.9 Å². The number of alkyl halides is 3. The molecule has 1 aliphatic heterocycles. The molecule has 4 rings (SSSR count). The van der Waals surface area contributed by atoms with Crippen molar-refractivity contribution in [1.29, 1.82) is 0 Å². The molecule has 1 aliphatic rings. The second-order valence-corrected chi connectivity index (χ2v) is 9.79. The molecule has 0 aliphatic carbocycles. The number of carbonyl (C=O) groups is 1. The molecule has 0 atom stereocenters. The van der Waals surface area contributed by atoms with E-state index in [-0.39, 0.29) is 31.8 Å². The Hall–Kier alpha value is -2.63. The third-order valence-corrected chi connectivity index (χ3v) is 7.66. The van der Waals surface area contributed by atoms with Crippen LogP contribution in [-0.2, 0) is 21.0 Å². The standard InChI is InChI=1S/C20H18ClF3N4O3S/c21-16-5-4-14(10-15(16)20(22,23)24)32(30,31)28-8-6-12(7-9-28)19(29)26-17-3-1-2-13-11-25-27-18(13)17/h1-5,10-12H,6-9H2,(H,25,27)(H,26,29). The number of nitrogens with zero attached hydrogens (tertiary/aromatic N) is 2. The van der Waals surface area contributed by atoms with Crippen molar-refractivity contribution < 1.29 is 26.4 Å². The predicted octanol–water partition coefficient (Wildman–Crippen LogP) is 4.27. The number of rotatable bonds is 4. The predicted molar refractivity (Wildman–Crippen MR) is 113 cm³/mol. The zero-order valence-electron chi connectivity index (χ0n) is 16.5. The molecule has 32 heavy (non-hydrogen) atoms. The van der Waals surface area contributed by atoms with Gasteiger partial charge in [-0.3, -0.25) is 9.89 Å². The van der Waals surface area contributed by atoms with Crippen LogP contribution >= 0.6 is 11.6 Å². The van der Waals surface area contributed by atoms with Crippen molar-refractivity contribution in [3.05, 3.63) is 53.2 Å². The smallest absolute Gasteiger partial charge is 0.324 e. The molecule has 0 unspecified atom stereocenters. The lowest BCUT2D eigenvalue weighted by atomic mass is 9.97. The van der Waals surface area contributed by atoms with Gasteiger partial charge in [0.1, 0.15) is 0 Å². The fourth-order valence-electron chi connectivity index (χ4n) is 3.70. The Morgan fingerprint density at radius 3 is 2.59 bits per heavy atom. The number of fused-ring (bicyclic) bond motifs is 1. The van der Waals surface area contributed by atoms with Gasteiger partial charge in [-0.2, -0.15) is 22.6 Å². The summed E-state index contributed by atoms with van der Waals surface area (Å²) in [5.74, 6) is -0.689. The normalized spacial score (nSPS) is 16.4. The van der Waals surface area contributed by atoms with Gasteiger partial charge in [0.05, 0.1) is 32.9 Å². The van der Waals surface area contributed by atoms with Crippen LogP contribution in [0.5, 0.6) is 0 Å². The number of H-pyrrole nitrogens is 1. The van der Waals surface area contributed by atoms with Crippen molar-refractivity contribution in [2.75, 3.05) is 18.4 Å². The fraction of sp³-hybridized carbons (Fsp3) is 0.300. The largest absolute Gasteiger partial charge is 0.417 e. The molecule has 2 N–H and O–H groups in total. The summed E-state index contributed by atoms with van der Waals surface area (Å²) in [5.41, 5.74) is 0.0486. The number of nitrogens with one attached hydrogen (secondary N) is 2. The Labute approximate surface area is 186 Å². The molecule has 12 heteroatoms. The maximum Gasteiger partial charge on any atom is 0.417 e. The minimum Gasteiger partial charge on any atom is -0.324 e. The van der Waals surface area contributed by atoms with E-state index in [1.807, 2.05) is 6.07 Å². The first-order valence-corrected chi connectivity index (χ1v) is 11.5. The van der Waals surface area contributed by atoms with Crippen LogP contribution < -0.4 is 5.32 Å². The number of benzene rings is 2. The van der Waals surface area contributed by atoms with Gasteiger partial charge in [-0.05, 0) is 37.1 Å². The number of hydrogen-bond donors (Lipinski definition) is 2. The van der Waals surface area contributed by atoms with Gasteiger partial charge >= 0.3 is 6.18 Å². The van der Waals surface area contributed by atoms with Crippen LogP contribution in [-0.4, -0.2) is 41.9 Å². The van der Waals surface area contributed by atoms with E-state index < -0.39 is 37.6 Å². The lowest BCUT2D eigenvalue weighted by Crippen LogP contribution is -2.41. The Bertz CT molecular complexity index is 1270. The second kappa shape index (κ2) is 8.38. The number of sulfonamides is 1. The summed E-state index contributed by atoms with van der Waals surface area (Å²) < 4.78 is 66.2. The molecular formula is C20H18ClF3N4O3S. The number of aromatic nitrogens is 2. The molecule has 2 aromatic carbocycles. The van der Waals surface area contributed by atoms with Crippen LogP contribution in [0.2, 0.25) is 5.02 Å². The molecule has 3 aromatic rings. The maximum absolute atomic E-state index is 13.1. The first-order chi connectivity index (χ1) is 15.1. The van der Waals surface area contributed by atoms with E-state index in [0.29, 0.717) is 17.3 Å². The third kappa shape index (κ3) is 4.32. The monoisotopic (exact) mass is 486 g/mol. The summed E-state index contributed by atoms with van der Waals surface area (Å²) in [4.78, 5) is 12.2. The first kappa shape index (κ1) is 22.6. The lowest BCUT2D eigenvalue weighted by molar-refractivity contribution is -0.137. The summed E-state index contributed by atoms with van der Waals surface area (Å²) in [5, 5.41) is 9.87. The number of hydrogen-bond acceptors (Lipinski definition) is 4. The van der Waals surface area contributed by atoms with E-state index in [4.69, 9.17) is 11.6 Å². The van der Waals surface area contributed by atoms with Gasteiger partial charge in [-0.15, -0.1) is 0 Å². The average Bonchev–Trinajstić information content (AvgIpc) is 3.23. The number of para-hydroxylation sites is 1. The Morgan fingerprint density at radius 2 is 1.91 bits per heavy atom. The molecule has 0 spiro atoms. The van der Waals surface area contributed by atoms with Crippen molar-refractivity contribution in [3.8, 4) is 0 Å². The van der Waals surface area contributed by atoms with Crippen molar-refractivity contribution >= 4 is 44.1 Å². The van der Waals surface area contributed by atoms with E-state index in [0.717, 1.165) is 21.8 Å². The van der Waals surface area contributed by atoms with Gasteiger partial charge in [0.15, 0.2) is 0 Å². The van der Waals surface area contributed by atoms with Crippen LogP contribution in [0.25, 0.3) is 10.9 Å². The number of anilines is 1. The number of aromatic amines is 1. The highest BCUT2D eigenvalue weighted by Crippen LogP contribution is 2.37. The van der Waals surface area contributed by atoms with E-state index in [9.17, 15) is 26.4 Å². The van der Waals surface area contributed by atoms with Crippen molar-refractivity contribution in [3.63, 3.8) is 0 Å². The van der Waals surface area contributed by atoms with Gasteiger partial charge in [-0.25, -0.2) is 8.42 Å². The third-order valence-electron chi connectivity index (χ3n) is 5.44. The second-order valence-electron chi connectivity index (χ2n) is 7.45. The molecule has 1 amide bonds. The van der Waals surface area contributed by atoms with Gasteiger partial charge < -0.3 is 5.32 Å². The number of carbonyl (C=O) groups excluding carboxylic acids is 1. The molecule has 2 heterocycles. The molecule has 0 bridgehead atoms. The van der Waals surface area contributed by atoms with Gasteiger partial charge in [0.25, 0.3) is 0 Å². The van der Waals surface area contributed by atoms with Gasteiger partial charge in [0.2, 0.25) is 15.9 Å². The van der Waals surface area contributed by atoms with Gasteiger partial charge in [-0.1, -0.05) is 23.7 Å². The highest BCUT2D eigenvalue weighted by molar-refractivity contribution is 7.89. The van der Waals surface area contributed by atoms with Crippen LogP contribution in [0.3, 0.4) is 0 Å². The number of piperidine rings is 1. The maximum atomic E-state index is 13.1. The fourth-order valence-corrected chi connectivity index (χ4v) is 5.42. The van der Waals surface area contributed by atoms with E-state index in [2.05, 4.69) is 15.5 Å². The molecule has 1 saturated heterocycles. The lowest BCUT2D eigenvalue weighted by Gasteiger charge is -2.30. The van der Waals surface area contributed by atoms with Crippen LogP contribution in [0.15, 0.2) is 47.5 Å².